The summed E-state index contributed by atoms with van der Waals surface area (Å²) in [6.45, 7) is 6.48. The van der Waals surface area contributed by atoms with E-state index in [1.807, 2.05) is 18.3 Å². The van der Waals surface area contributed by atoms with Gasteiger partial charge in [-0.1, -0.05) is 13.8 Å². The molecule has 0 bridgehead atoms. The van der Waals surface area contributed by atoms with Crippen molar-refractivity contribution in [2.75, 3.05) is 17.9 Å². The largest absolute Gasteiger partial charge is 0.388 e. The van der Waals surface area contributed by atoms with E-state index in [1.54, 1.807) is 12.4 Å². The number of nitrogens with zero attached hydrogens (tertiary/aromatic N) is 4. The summed E-state index contributed by atoms with van der Waals surface area (Å²) in [4.78, 5) is 13.2. The Morgan fingerprint density at radius 1 is 1.05 bits per heavy atom. The van der Waals surface area contributed by atoms with E-state index in [-0.39, 0.29) is 0 Å². The molecule has 5 heteroatoms. The van der Waals surface area contributed by atoms with Gasteiger partial charge in [0, 0.05) is 37.2 Å². The molecular formula is C15H18BN4. The van der Waals surface area contributed by atoms with Crippen molar-refractivity contribution >= 4 is 13.4 Å². The summed E-state index contributed by atoms with van der Waals surface area (Å²) >= 11 is 0. The van der Waals surface area contributed by atoms with Gasteiger partial charge in [-0.05, 0) is 35.9 Å². The van der Waals surface area contributed by atoms with Crippen LogP contribution in [-0.4, -0.2) is 41.5 Å². The lowest BCUT2D eigenvalue weighted by Crippen LogP contribution is -2.34. The zero-order valence-corrected chi connectivity index (χ0v) is 11.9. The Morgan fingerprint density at radius 3 is 2.45 bits per heavy atom. The molecule has 0 amide bonds. The summed E-state index contributed by atoms with van der Waals surface area (Å²) in [6, 6.07) is 8.73. The zero-order chi connectivity index (χ0) is 13.9. The number of hydrogen-bond acceptors (Lipinski definition) is 4. The van der Waals surface area contributed by atoms with Crippen molar-refractivity contribution in [3.63, 3.8) is 0 Å². The van der Waals surface area contributed by atoms with Gasteiger partial charge in [0.25, 0.3) is 0 Å². The Kier molecular flexibility index (Phi) is 3.69. The molecule has 0 saturated carbocycles. The Morgan fingerprint density at radius 2 is 1.85 bits per heavy atom. The number of rotatable bonds is 3. The summed E-state index contributed by atoms with van der Waals surface area (Å²) in [7, 11) is 2.17. The molecule has 1 aliphatic heterocycles. The molecule has 101 valence electrons. The molecule has 2 aromatic rings. The first-order valence-corrected chi connectivity index (χ1v) is 6.98. The molecule has 0 aromatic carbocycles. The normalized spacial score (nSPS) is 15.7. The molecule has 1 aliphatic rings. The molecule has 2 aromatic heterocycles. The van der Waals surface area contributed by atoms with Gasteiger partial charge >= 0.3 is 7.55 Å². The topological polar surface area (TPSA) is 32.3 Å². The maximum atomic E-state index is 4.58. The quantitative estimate of drug-likeness (QED) is 0.796. The number of hydrogen-bond donors (Lipinski definition) is 0. The van der Waals surface area contributed by atoms with Crippen LogP contribution in [0.15, 0.2) is 42.9 Å². The van der Waals surface area contributed by atoms with E-state index in [2.05, 4.69) is 53.1 Å². The van der Waals surface area contributed by atoms with Crippen LogP contribution in [0.3, 0.4) is 0 Å². The van der Waals surface area contributed by atoms with Gasteiger partial charge in [0.05, 0.1) is 0 Å². The highest BCUT2D eigenvalue weighted by Crippen LogP contribution is 2.21. The number of aromatic nitrogens is 2. The van der Waals surface area contributed by atoms with Crippen molar-refractivity contribution in [1.82, 2.24) is 14.8 Å². The fourth-order valence-corrected chi connectivity index (χ4v) is 2.35. The van der Waals surface area contributed by atoms with Crippen LogP contribution in [0.2, 0.25) is 0 Å². The maximum Gasteiger partial charge on any atom is 0.353 e. The fourth-order valence-electron chi connectivity index (χ4n) is 2.35. The average molecular weight is 265 g/mol. The lowest BCUT2D eigenvalue weighted by atomic mass is 10.1. The second kappa shape index (κ2) is 5.63. The van der Waals surface area contributed by atoms with E-state index >= 15 is 0 Å². The first-order chi connectivity index (χ1) is 9.74. The smallest absolute Gasteiger partial charge is 0.353 e. The minimum absolute atomic E-state index is 0.538. The van der Waals surface area contributed by atoms with Crippen LogP contribution in [0.25, 0.3) is 11.1 Å². The SMILES string of the molecule is CC(C)N1[B]N(c2ccc(-c3ccncc3)cn2)CC1. The van der Waals surface area contributed by atoms with E-state index in [9.17, 15) is 0 Å². The lowest BCUT2D eigenvalue weighted by molar-refractivity contribution is 0.405. The molecule has 1 radical (unpaired) electrons. The van der Waals surface area contributed by atoms with Gasteiger partial charge in [0.1, 0.15) is 5.82 Å². The van der Waals surface area contributed by atoms with Crippen LogP contribution in [0.1, 0.15) is 13.8 Å². The summed E-state index contributed by atoms with van der Waals surface area (Å²) in [5, 5.41) is 0. The minimum Gasteiger partial charge on any atom is -0.388 e. The van der Waals surface area contributed by atoms with Gasteiger partial charge in [-0.3, -0.25) is 4.98 Å². The Labute approximate surface area is 120 Å². The lowest BCUT2D eigenvalue weighted by Gasteiger charge is -2.19. The van der Waals surface area contributed by atoms with Crippen LogP contribution in [0.5, 0.6) is 0 Å². The maximum absolute atomic E-state index is 4.58. The van der Waals surface area contributed by atoms with Gasteiger partial charge in [-0.25, -0.2) is 4.98 Å². The van der Waals surface area contributed by atoms with E-state index in [0.29, 0.717) is 6.04 Å². The van der Waals surface area contributed by atoms with Gasteiger partial charge in [0.15, 0.2) is 0 Å². The highest BCUT2D eigenvalue weighted by atomic mass is 15.3. The molecule has 4 nitrogen and oxygen atoms in total. The van der Waals surface area contributed by atoms with E-state index in [1.165, 1.54) is 0 Å². The Hall–Kier alpha value is -1.88. The first kappa shape index (κ1) is 13.1. The summed E-state index contributed by atoms with van der Waals surface area (Å²) < 4.78 is 0. The van der Waals surface area contributed by atoms with Crippen molar-refractivity contribution in [3.05, 3.63) is 42.9 Å². The molecule has 1 fully saturated rings. The van der Waals surface area contributed by atoms with Crippen molar-refractivity contribution in [2.45, 2.75) is 19.9 Å². The highest BCUT2D eigenvalue weighted by molar-refractivity contribution is 6.39. The van der Waals surface area contributed by atoms with Crippen molar-refractivity contribution in [2.24, 2.45) is 0 Å². The predicted molar refractivity (Wildman–Crippen MR) is 82.4 cm³/mol. The summed E-state index contributed by atoms with van der Waals surface area (Å²) in [5.41, 5.74) is 2.27. The van der Waals surface area contributed by atoms with Crippen LogP contribution in [-0.2, 0) is 0 Å². The standard InChI is InChI=1S/C15H18BN4/c1-12(2)19-9-10-20(16-19)15-4-3-14(11-18-15)13-5-7-17-8-6-13/h3-8,11-12H,9-10H2,1-2H3. The van der Waals surface area contributed by atoms with Gasteiger partial charge in [-0.15, -0.1) is 0 Å². The molecule has 0 aliphatic carbocycles. The fraction of sp³-hybridized carbons (Fsp3) is 0.333. The van der Waals surface area contributed by atoms with Crippen molar-refractivity contribution < 1.29 is 0 Å². The molecular weight excluding hydrogens is 247 g/mol. The van der Waals surface area contributed by atoms with Gasteiger partial charge in [0.2, 0.25) is 0 Å². The van der Waals surface area contributed by atoms with Crippen molar-refractivity contribution in [3.8, 4) is 11.1 Å². The molecule has 0 spiro atoms. The molecule has 3 heterocycles. The Bertz CT molecular complexity index is 556. The molecule has 1 saturated heterocycles. The van der Waals surface area contributed by atoms with Gasteiger partial charge < -0.3 is 9.62 Å². The van der Waals surface area contributed by atoms with E-state index in [0.717, 1.165) is 30.0 Å². The first-order valence-electron chi connectivity index (χ1n) is 6.98. The number of pyridine rings is 2. The third kappa shape index (κ3) is 2.68. The molecule has 0 unspecified atom stereocenters. The Balaban J connectivity index is 1.74. The summed E-state index contributed by atoms with van der Waals surface area (Å²) in [6.07, 6.45) is 5.53. The van der Waals surface area contributed by atoms with Crippen molar-refractivity contribution in [1.29, 1.82) is 0 Å². The predicted octanol–water partition coefficient (Wildman–Crippen LogP) is 2.21. The van der Waals surface area contributed by atoms with Gasteiger partial charge in [-0.2, -0.15) is 0 Å². The third-order valence-electron chi connectivity index (χ3n) is 3.61. The molecule has 0 N–H and O–H groups in total. The van der Waals surface area contributed by atoms with Crippen LogP contribution < -0.4 is 4.81 Å². The second-order valence-corrected chi connectivity index (χ2v) is 5.28. The highest BCUT2D eigenvalue weighted by Gasteiger charge is 2.25. The molecule has 20 heavy (non-hydrogen) atoms. The monoisotopic (exact) mass is 265 g/mol. The average Bonchev–Trinajstić information content (AvgIpc) is 2.98. The number of anilines is 1. The van der Waals surface area contributed by atoms with E-state index < -0.39 is 0 Å². The van der Waals surface area contributed by atoms with E-state index in [4.69, 9.17) is 0 Å². The van der Waals surface area contributed by atoms with Crippen LogP contribution >= 0.6 is 0 Å². The molecule has 0 atom stereocenters. The summed E-state index contributed by atoms with van der Waals surface area (Å²) in [5.74, 6) is 1.01. The van der Waals surface area contributed by atoms with Crippen LogP contribution in [0, 0.1) is 0 Å². The zero-order valence-electron chi connectivity index (χ0n) is 11.9. The van der Waals surface area contributed by atoms with Crippen LogP contribution in [0.4, 0.5) is 5.82 Å². The third-order valence-corrected chi connectivity index (χ3v) is 3.61. The second-order valence-electron chi connectivity index (χ2n) is 5.28. The minimum atomic E-state index is 0.538. The molecule has 3 rings (SSSR count).